The van der Waals surface area contributed by atoms with Crippen molar-refractivity contribution in [2.45, 2.75) is 46.1 Å². The lowest BCUT2D eigenvalue weighted by Gasteiger charge is -2.33. The summed E-state index contributed by atoms with van der Waals surface area (Å²) in [4.78, 5) is 33.3. The van der Waals surface area contributed by atoms with Crippen LogP contribution in [0.1, 0.15) is 45.1 Å². The second kappa shape index (κ2) is 8.52. The van der Waals surface area contributed by atoms with Crippen molar-refractivity contribution in [2.75, 3.05) is 31.1 Å². The maximum atomic E-state index is 12.5. The van der Waals surface area contributed by atoms with Crippen molar-refractivity contribution in [1.82, 2.24) is 15.2 Å². The molecule has 0 aromatic carbocycles. The zero-order valence-electron chi connectivity index (χ0n) is 15.9. The van der Waals surface area contributed by atoms with Crippen LogP contribution < -0.4 is 10.2 Å². The average molecular weight is 358 g/mol. The number of amides is 2. The summed E-state index contributed by atoms with van der Waals surface area (Å²) >= 11 is 0. The third-order valence-corrected chi connectivity index (χ3v) is 5.30. The molecule has 142 valence electrons. The van der Waals surface area contributed by atoms with Crippen molar-refractivity contribution in [1.29, 1.82) is 0 Å². The number of likely N-dealkylation sites (tertiary alicyclic amines) is 1. The Morgan fingerprint density at radius 2 is 1.96 bits per heavy atom. The van der Waals surface area contributed by atoms with Gasteiger partial charge in [-0.1, -0.05) is 19.9 Å². The highest BCUT2D eigenvalue weighted by Gasteiger charge is 2.29. The van der Waals surface area contributed by atoms with Crippen molar-refractivity contribution in [3.63, 3.8) is 0 Å². The Hall–Kier alpha value is -2.11. The molecule has 0 aliphatic carbocycles. The topological polar surface area (TPSA) is 65.5 Å². The van der Waals surface area contributed by atoms with Gasteiger partial charge < -0.3 is 15.1 Å². The number of anilines is 1. The minimum atomic E-state index is -0.108. The van der Waals surface area contributed by atoms with E-state index in [1.165, 1.54) is 12.8 Å². The molecule has 0 bridgehead atoms. The summed E-state index contributed by atoms with van der Waals surface area (Å²) in [5.41, 5.74) is 1.01. The Kier molecular flexibility index (Phi) is 6.12. The molecule has 2 aliphatic rings. The van der Waals surface area contributed by atoms with Gasteiger partial charge in [0.1, 0.15) is 5.82 Å². The zero-order chi connectivity index (χ0) is 18.5. The predicted octanol–water partition coefficient (Wildman–Crippen LogP) is 2.19. The largest absolute Gasteiger partial charge is 0.357 e. The first-order valence-electron chi connectivity index (χ1n) is 9.81. The standard InChI is InChI=1S/C20H30N4O2/c1-15(2)20(26)24-11-5-6-17(14-24)19(25)22-13-16-7-8-18(21-12-16)23-9-3-4-10-23/h7-8,12,15,17H,3-6,9-11,13-14H2,1-2H3,(H,22,25)/t17-/m0/s1. The molecule has 0 saturated carbocycles. The van der Waals surface area contributed by atoms with Crippen LogP contribution in [-0.4, -0.2) is 47.9 Å². The smallest absolute Gasteiger partial charge is 0.225 e. The van der Waals surface area contributed by atoms with Gasteiger partial charge in [-0.3, -0.25) is 9.59 Å². The van der Waals surface area contributed by atoms with Gasteiger partial charge in [-0.25, -0.2) is 4.98 Å². The lowest BCUT2D eigenvalue weighted by Crippen LogP contribution is -2.46. The third kappa shape index (κ3) is 4.54. The highest BCUT2D eigenvalue weighted by atomic mass is 16.2. The van der Waals surface area contributed by atoms with Gasteiger partial charge >= 0.3 is 0 Å². The number of aromatic nitrogens is 1. The highest BCUT2D eigenvalue weighted by molar-refractivity contribution is 5.82. The minimum absolute atomic E-state index is 0.0167. The SMILES string of the molecule is CC(C)C(=O)N1CCC[C@H](C(=O)NCc2ccc(N3CCCC3)nc2)C1. The molecule has 2 amide bonds. The summed E-state index contributed by atoms with van der Waals surface area (Å²) in [6.07, 6.45) is 6.06. The van der Waals surface area contributed by atoms with E-state index in [9.17, 15) is 9.59 Å². The van der Waals surface area contributed by atoms with E-state index in [2.05, 4.69) is 15.2 Å². The first-order valence-corrected chi connectivity index (χ1v) is 9.81. The molecule has 6 nitrogen and oxygen atoms in total. The first kappa shape index (κ1) is 18.7. The van der Waals surface area contributed by atoms with Crippen LogP contribution in [0.5, 0.6) is 0 Å². The lowest BCUT2D eigenvalue weighted by atomic mass is 9.96. The molecule has 0 radical (unpaired) electrons. The zero-order valence-corrected chi connectivity index (χ0v) is 15.9. The number of piperidine rings is 1. The summed E-state index contributed by atoms with van der Waals surface area (Å²) in [5.74, 6) is 1.08. The summed E-state index contributed by atoms with van der Waals surface area (Å²) < 4.78 is 0. The molecule has 2 fully saturated rings. The third-order valence-electron chi connectivity index (χ3n) is 5.30. The van der Waals surface area contributed by atoms with Gasteiger partial charge in [0.25, 0.3) is 0 Å². The van der Waals surface area contributed by atoms with Crippen molar-refractivity contribution in [2.24, 2.45) is 11.8 Å². The molecule has 2 saturated heterocycles. The second-order valence-electron chi connectivity index (χ2n) is 7.71. The van der Waals surface area contributed by atoms with Crippen molar-refractivity contribution in [3.05, 3.63) is 23.9 Å². The van der Waals surface area contributed by atoms with Crippen LogP contribution in [0.15, 0.2) is 18.3 Å². The van der Waals surface area contributed by atoms with Crippen LogP contribution in [0, 0.1) is 11.8 Å². The average Bonchev–Trinajstić information content (AvgIpc) is 3.20. The molecule has 3 rings (SSSR count). The fourth-order valence-electron chi connectivity index (χ4n) is 3.74. The second-order valence-corrected chi connectivity index (χ2v) is 7.71. The van der Waals surface area contributed by atoms with Crippen molar-refractivity contribution in [3.8, 4) is 0 Å². The van der Waals surface area contributed by atoms with Crippen LogP contribution >= 0.6 is 0 Å². The summed E-state index contributed by atoms with van der Waals surface area (Å²) in [7, 11) is 0. The molecule has 1 aromatic heterocycles. The van der Waals surface area contributed by atoms with Gasteiger partial charge in [0, 0.05) is 44.8 Å². The van der Waals surface area contributed by atoms with Crippen molar-refractivity contribution < 1.29 is 9.59 Å². The number of nitrogens with one attached hydrogen (secondary N) is 1. The maximum Gasteiger partial charge on any atom is 0.225 e. The molecule has 0 spiro atoms. The van der Waals surface area contributed by atoms with Crippen LogP contribution in [0.4, 0.5) is 5.82 Å². The van der Waals surface area contributed by atoms with E-state index in [4.69, 9.17) is 0 Å². The van der Waals surface area contributed by atoms with Gasteiger partial charge in [0.15, 0.2) is 0 Å². The predicted molar refractivity (Wildman–Crippen MR) is 102 cm³/mol. The number of rotatable bonds is 5. The van der Waals surface area contributed by atoms with E-state index in [-0.39, 0.29) is 23.7 Å². The van der Waals surface area contributed by atoms with E-state index in [0.717, 1.165) is 43.9 Å². The molecular weight excluding hydrogens is 328 g/mol. The van der Waals surface area contributed by atoms with Crippen LogP contribution in [0.2, 0.25) is 0 Å². The molecule has 1 aromatic rings. The highest BCUT2D eigenvalue weighted by Crippen LogP contribution is 2.20. The Balaban J connectivity index is 1.49. The van der Waals surface area contributed by atoms with E-state index in [1.54, 1.807) is 0 Å². The van der Waals surface area contributed by atoms with Gasteiger partial charge in [-0.2, -0.15) is 0 Å². The number of carbonyl (C=O) groups is 2. The van der Waals surface area contributed by atoms with Gasteiger partial charge in [0.05, 0.1) is 5.92 Å². The quantitative estimate of drug-likeness (QED) is 0.876. The maximum absolute atomic E-state index is 12.5. The molecule has 1 atom stereocenters. The van der Waals surface area contributed by atoms with E-state index >= 15 is 0 Å². The molecule has 3 heterocycles. The molecule has 2 aliphatic heterocycles. The number of carbonyl (C=O) groups excluding carboxylic acids is 2. The molecule has 0 unspecified atom stereocenters. The fraction of sp³-hybridized carbons (Fsp3) is 0.650. The van der Waals surface area contributed by atoms with Crippen LogP contribution in [0.25, 0.3) is 0 Å². The number of pyridine rings is 1. The summed E-state index contributed by atoms with van der Waals surface area (Å²) in [5, 5.41) is 3.02. The summed E-state index contributed by atoms with van der Waals surface area (Å²) in [6.45, 7) is 7.76. The van der Waals surface area contributed by atoms with Crippen LogP contribution in [0.3, 0.4) is 0 Å². The monoisotopic (exact) mass is 358 g/mol. The number of hydrogen-bond donors (Lipinski definition) is 1. The molecular formula is C20H30N4O2. The summed E-state index contributed by atoms with van der Waals surface area (Å²) in [6, 6.07) is 4.08. The normalized spacial score (nSPS) is 20.5. The van der Waals surface area contributed by atoms with Gasteiger partial charge in [-0.15, -0.1) is 0 Å². The van der Waals surface area contributed by atoms with E-state index in [1.807, 2.05) is 37.1 Å². The first-order chi connectivity index (χ1) is 12.5. The van der Waals surface area contributed by atoms with Crippen molar-refractivity contribution >= 4 is 17.6 Å². The van der Waals surface area contributed by atoms with Gasteiger partial charge in [0.2, 0.25) is 11.8 Å². The van der Waals surface area contributed by atoms with E-state index < -0.39 is 0 Å². The Bertz CT molecular complexity index is 623. The number of nitrogens with zero attached hydrogens (tertiary/aromatic N) is 3. The lowest BCUT2D eigenvalue weighted by molar-refractivity contribution is -0.138. The fourth-order valence-corrected chi connectivity index (χ4v) is 3.74. The van der Waals surface area contributed by atoms with E-state index in [0.29, 0.717) is 13.1 Å². The Morgan fingerprint density at radius 1 is 1.19 bits per heavy atom. The minimum Gasteiger partial charge on any atom is -0.357 e. The Labute approximate surface area is 156 Å². The molecule has 6 heteroatoms. The molecule has 26 heavy (non-hydrogen) atoms. The van der Waals surface area contributed by atoms with Crippen LogP contribution in [-0.2, 0) is 16.1 Å². The number of hydrogen-bond acceptors (Lipinski definition) is 4. The Morgan fingerprint density at radius 3 is 2.62 bits per heavy atom. The van der Waals surface area contributed by atoms with Gasteiger partial charge in [-0.05, 0) is 37.3 Å². The molecule has 1 N–H and O–H groups in total.